The molecule has 106 valence electrons. The van der Waals surface area contributed by atoms with Crippen molar-refractivity contribution in [1.82, 2.24) is 5.32 Å². The van der Waals surface area contributed by atoms with Crippen LogP contribution in [0.5, 0.6) is 0 Å². The average molecular weight is 277 g/mol. The third-order valence-electron chi connectivity index (χ3n) is 4.42. The van der Waals surface area contributed by atoms with Gasteiger partial charge in [0.25, 0.3) is 0 Å². The van der Waals surface area contributed by atoms with Crippen LogP contribution in [0.25, 0.3) is 0 Å². The quantitative estimate of drug-likeness (QED) is 0.844. The molecule has 0 spiro atoms. The van der Waals surface area contributed by atoms with Gasteiger partial charge in [0.2, 0.25) is 0 Å². The minimum Gasteiger partial charge on any atom is -0.312 e. The van der Waals surface area contributed by atoms with Crippen molar-refractivity contribution in [1.29, 1.82) is 0 Å². The monoisotopic (exact) mass is 277 g/mol. The lowest BCUT2D eigenvalue weighted by atomic mass is 9.81. The lowest BCUT2D eigenvalue weighted by Crippen LogP contribution is -2.33. The molecule has 0 saturated carbocycles. The number of rotatable bonds is 5. The molecular formula is C17H27NS. The van der Waals surface area contributed by atoms with Gasteiger partial charge in [-0.3, -0.25) is 0 Å². The van der Waals surface area contributed by atoms with Gasteiger partial charge in [-0.1, -0.05) is 51.5 Å². The Bertz CT molecular complexity index is 404. The molecule has 1 aliphatic rings. The number of nitrogens with one attached hydrogen (secondary N) is 1. The fraction of sp³-hybridized carbons (Fsp3) is 0.647. The van der Waals surface area contributed by atoms with Gasteiger partial charge in [-0.25, -0.2) is 0 Å². The first-order valence-electron chi connectivity index (χ1n) is 7.55. The van der Waals surface area contributed by atoms with Gasteiger partial charge in [0, 0.05) is 11.3 Å². The molecule has 2 heteroatoms. The third kappa shape index (κ3) is 3.35. The van der Waals surface area contributed by atoms with Crippen LogP contribution in [0.2, 0.25) is 0 Å². The summed E-state index contributed by atoms with van der Waals surface area (Å²) in [5, 5.41) is 4.26. The van der Waals surface area contributed by atoms with Crippen molar-refractivity contribution in [2.75, 3.05) is 12.8 Å². The van der Waals surface area contributed by atoms with E-state index in [4.69, 9.17) is 0 Å². The molecule has 4 unspecified atom stereocenters. The lowest BCUT2D eigenvalue weighted by molar-refractivity contribution is 0.471. The molecule has 19 heavy (non-hydrogen) atoms. The molecule has 0 saturated heterocycles. The first-order valence-corrected chi connectivity index (χ1v) is 8.59. The first-order chi connectivity index (χ1) is 9.17. The van der Waals surface area contributed by atoms with Gasteiger partial charge in [-0.15, -0.1) is 0 Å². The molecular weight excluding hydrogens is 250 g/mol. The molecule has 0 bridgehead atoms. The van der Waals surface area contributed by atoms with Gasteiger partial charge in [0.15, 0.2) is 0 Å². The van der Waals surface area contributed by atoms with E-state index in [2.05, 4.69) is 69.2 Å². The first kappa shape index (κ1) is 14.9. The van der Waals surface area contributed by atoms with E-state index in [9.17, 15) is 0 Å². The number of benzene rings is 1. The van der Waals surface area contributed by atoms with Crippen molar-refractivity contribution in [3.05, 3.63) is 35.4 Å². The van der Waals surface area contributed by atoms with Gasteiger partial charge < -0.3 is 5.32 Å². The van der Waals surface area contributed by atoms with Crippen LogP contribution < -0.4 is 5.32 Å². The van der Waals surface area contributed by atoms with E-state index in [1.807, 2.05) is 0 Å². The predicted octanol–water partition coefficient (Wildman–Crippen LogP) is 4.60. The van der Waals surface area contributed by atoms with Gasteiger partial charge in [-0.2, -0.15) is 11.8 Å². The maximum atomic E-state index is 3.55. The number of hydrogen-bond acceptors (Lipinski definition) is 2. The Morgan fingerprint density at radius 1 is 1.32 bits per heavy atom. The Kier molecular flexibility index (Phi) is 5.35. The zero-order valence-corrected chi connectivity index (χ0v) is 13.5. The van der Waals surface area contributed by atoms with Crippen molar-refractivity contribution in [2.45, 2.75) is 50.8 Å². The normalized spacial score (nSPS) is 27.9. The molecule has 1 aliphatic carbocycles. The zero-order chi connectivity index (χ0) is 13.8. The fourth-order valence-electron chi connectivity index (χ4n) is 2.97. The second-order valence-electron chi connectivity index (χ2n) is 5.92. The summed E-state index contributed by atoms with van der Waals surface area (Å²) in [5.74, 6) is 2.80. The zero-order valence-electron chi connectivity index (χ0n) is 12.6. The average Bonchev–Trinajstić information content (AvgIpc) is 2.45. The highest BCUT2D eigenvalue weighted by atomic mass is 32.2. The van der Waals surface area contributed by atoms with E-state index in [-0.39, 0.29) is 0 Å². The molecule has 0 amide bonds. The van der Waals surface area contributed by atoms with Crippen molar-refractivity contribution < 1.29 is 0 Å². The maximum Gasteiger partial charge on any atom is 0.0441 e. The van der Waals surface area contributed by atoms with Crippen LogP contribution in [0, 0.1) is 5.92 Å². The Hall–Kier alpha value is -0.470. The van der Waals surface area contributed by atoms with Gasteiger partial charge in [0.05, 0.1) is 0 Å². The molecule has 1 aromatic rings. The topological polar surface area (TPSA) is 12.0 Å². The van der Waals surface area contributed by atoms with Gasteiger partial charge >= 0.3 is 0 Å². The lowest BCUT2D eigenvalue weighted by Gasteiger charge is -2.37. The largest absolute Gasteiger partial charge is 0.312 e. The summed E-state index contributed by atoms with van der Waals surface area (Å²) < 4.78 is 0. The summed E-state index contributed by atoms with van der Waals surface area (Å²) in [4.78, 5) is 0. The van der Waals surface area contributed by atoms with E-state index < -0.39 is 0 Å². The Balaban J connectivity index is 2.14. The standard InChI is InChI=1S/C17H27NS/c1-5-12(2)11-19-16-10-13(3)14-8-6-7-9-15(14)17(16)18-4/h6-9,12-13,16-18H,5,10-11H2,1-4H3. The number of thioether (sulfide) groups is 1. The Morgan fingerprint density at radius 2 is 2.00 bits per heavy atom. The molecule has 0 fully saturated rings. The minimum atomic E-state index is 0.515. The highest BCUT2D eigenvalue weighted by molar-refractivity contribution is 7.99. The van der Waals surface area contributed by atoms with E-state index in [1.165, 1.54) is 24.2 Å². The molecule has 4 atom stereocenters. The summed E-state index contributed by atoms with van der Waals surface area (Å²) in [6.07, 6.45) is 2.58. The van der Waals surface area contributed by atoms with Crippen molar-refractivity contribution in [2.24, 2.45) is 5.92 Å². The molecule has 2 rings (SSSR count). The molecule has 0 radical (unpaired) electrons. The molecule has 0 aliphatic heterocycles. The van der Waals surface area contributed by atoms with Crippen LogP contribution in [0.3, 0.4) is 0 Å². The molecule has 1 nitrogen and oxygen atoms in total. The molecule has 0 heterocycles. The molecule has 0 aromatic heterocycles. The van der Waals surface area contributed by atoms with Crippen molar-refractivity contribution >= 4 is 11.8 Å². The highest BCUT2D eigenvalue weighted by Gasteiger charge is 2.32. The van der Waals surface area contributed by atoms with Crippen LogP contribution in [0.4, 0.5) is 0 Å². The highest BCUT2D eigenvalue weighted by Crippen LogP contribution is 2.42. The summed E-state index contributed by atoms with van der Waals surface area (Å²) >= 11 is 2.17. The number of fused-ring (bicyclic) bond motifs is 1. The summed E-state index contributed by atoms with van der Waals surface area (Å²) in [6, 6.07) is 9.48. The third-order valence-corrected chi connectivity index (χ3v) is 6.08. The minimum absolute atomic E-state index is 0.515. The van der Waals surface area contributed by atoms with E-state index in [0.717, 1.165) is 5.92 Å². The maximum absolute atomic E-state index is 3.55. The summed E-state index contributed by atoms with van der Waals surface area (Å²) in [5.41, 5.74) is 3.06. The molecule has 1 N–H and O–H groups in total. The van der Waals surface area contributed by atoms with Gasteiger partial charge in [0.1, 0.15) is 0 Å². The van der Waals surface area contributed by atoms with Gasteiger partial charge in [-0.05, 0) is 42.2 Å². The fourth-order valence-corrected chi connectivity index (χ4v) is 4.68. The van der Waals surface area contributed by atoms with Crippen LogP contribution in [0.15, 0.2) is 24.3 Å². The Labute approximate surface area is 122 Å². The number of hydrogen-bond donors (Lipinski definition) is 1. The summed E-state index contributed by atoms with van der Waals surface area (Å²) in [6.45, 7) is 7.03. The second kappa shape index (κ2) is 6.81. The predicted molar refractivity (Wildman–Crippen MR) is 87.0 cm³/mol. The second-order valence-corrected chi connectivity index (χ2v) is 7.19. The van der Waals surface area contributed by atoms with Crippen LogP contribution in [-0.2, 0) is 0 Å². The summed E-state index contributed by atoms with van der Waals surface area (Å²) in [7, 11) is 2.11. The van der Waals surface area contributed by atoms with E-state index in [0.29, 0.717) is 17.2 Å². The van der Waals surface area contributed by atoms with E-state index >= 15 is 0 Å². The van der Waals surface area contributed by atoms with Crippen LogP contribution >= 0.6 is 11.8 Å². The Morgan fingerprint density at radius 3 is 2.63 bits per heavy atom. The smallest absolute Gasteiger partial charge is 0.0441 e. The van der Waals surface area contributed by atoms with Crippen molar-refractivity contribution in [3.63, 3.8) is 0 Å². The van der Waals surface area contributed by atoms with E-state index in [1.54, 1.807) is 5.56 Å². The SMILES string of the molecule is CCC(C)CSC1CC(C)c2ccccc2C1NC. The molecule has 1 aromatic carbocycles. The van der Waals surface area contributed by atoms with Crippen LogP contribution in [-0.4, -0.2) is 18.1 Å². The van der Waals surface area contributed by atoms with Crippen LogP contribution in [0.1, 0.15) is 56.7 Å². The van der Waals surface area contributed by atoms with Crippen molar-refractivity contribution in [3.8, 4) is 0 Å².